The van der Waals surface area contributed by atoms with E-state index in [0.29, 0.717) is 17.9 Å². The molecule has 2 rings (SSSR count). The number of hydrogen-bond donors (Lipinski definition) is 1. The summed E-state index contributed by atoms with van der Waals surface area (Å²) in [6.07, 6.45) is 3.05. The number of hydrogen-bond acceptors (Lipinski definition) is 3. The summed E-state index contributed by atoms with van der Waals surface area (Å²) in [5, 5.41) is 0. The van der Waals surface area contributed by atoms with E-state index in [-0.39, 0.29) is 12.0 Å². The van der Waals surface area contributed by atoms with Crippen LogP contribution in [0.4, 0.5) is 0 Å². The maximum atomic E-state index is 12.7. The van der Waals surface area contributed by atoms with Crippen LogP contribution in [0.1, 0.15) is 40.0 Å². The number of nitrogens with zero attached hydrogens (tertiary/aromatic N) is 2. The van der Waals surface area contributed by atoms with Gasteiger partial charge in [-0.05, 0) is 38.6 Å². The van der Waals surface area contributed by atoms with Crippen LogP contribution in [0.3, 0.4) is 0 Å². The van der Waals surface area contributed by atoms with Gasteiger partial charge >= 0.3 is 0 Å². The van der Waals surface area contributed by atoms with E-state index < -0.39 is 0 Å². The second kappa shape index (κ2) is 6.23. The molecule has 1 heterocycles. The first-order valence-electron chi connectivity index (χ1n) is 7.81. The fourth-order valence-corrected chi connectivity index (χ4v) is 3.60. The Morgan fingerprint density at radius 1 is 1.26 bits per heavy atom. The molecular weight excluding hydrogens is 238 g/mol. The van der Waals surface area contributed by atoms with E-state index in [0.717, 1.165) is 45.4 Å². The highest BCUT2D eigenvalue weighted by molar-refractivity contribution is 5.79. The Kier molecular flexibility index (Phi) is 4.85. The molecule has 1 saturated carbocycles. The number of carbonyl (C=O) groups is 1. The van der Waals surface area contributed by atoms with Crippen molar-refractivity contribution in [1.29, 1.82) is 0 Å². The van der Waals surface area contributed by atoms with Gasteiger partial charge in [-0.3, -0.25) is 9.69 Å². The highest BCUT2D eigenvalue weighted by Gasteiger charge is 2.36. The summed E-state index contributed by atoms with van der Waals surface area (Å²) in [6, 6.07) is 0.703. The van der Waals surface area contributed by atoms with Crippen molar-refractivity contribution >= 4 is 5.91 Å². The minimum atomic E-state index is 0.157. The maximum absolute atomic E-state index is 12.7. The number of nitrogens with two attached hydrogens (primary N) is 1. The molecule has 1 aliphatic carbocycles. The standard InChI is InChI=1S/C15H29N3O/c1-4-17-7-8-18(10-12(17)3)15(19)14-9-13(16)6-5-11(14)2/h11-14H,4-10,16H2,1-3H3. The Morgan fingerprint density at radius 3 is 2.63 bits per heavy atom. The molecule has 1 saturated heterocycles. The van der Waals surface area contributed by atoms with Crippen molar-refractivity contribution in [1.82, 2.24) is 9.80 Å². The number of carbonyl (C=O) groups excluding carboxylic acids is 1. The number of likely N-dealkylation sites (N-methyl/N-ethyl adjacent to an activating group) is 1. The van der Waals surface area contributed by atoms with Crippen LogP contribution in [-0.2, 0) is 4.79 Å². The Balaban J connectivity index is 1.96. The fraction of sp³-hybridized carbons (Fsp3) is 0.933. The van der Waals surface area contributed by atoms with Crippen LogP contribution in [0.2, 0.25) is 0 Å². The second-order valence-corrected chi connectivity index (χ2v) is 6.42. The first-order chi connectivity index (χ1) is 9.02. The summed E-state index contributed by atoms with van der Waals surface area (Å²) in [5.74, 6) is 1.00. The lowest BCUT2D eigenvalue weighted by Crippen LogP contribution is -2.55. The van der Waals surface area contributed by atoms with E-state index in [4.69, 9.17) is 5.73 Å². The molecule has 2 fully saturated rings. The van der Waals surface area contributed by atoms with Crippen molar-refractivity contribution < 1.29 is 4.79 Å². The zero-order chi connectivity index (χ0) is 14.0. The van der Waals surface area contributed by atoms with Crippen LogP contribution in [-0.4, -0.2) is 54.0 Å². The van der Waals surface area contributed by atoms with Gasteiger partial charge in [0.05, 0.1) is 0 Å². The van der Waals surface area contributed by atoms with Gasteiger partial charge in [0.15, 0.2) is 0 Å². The summed E-state index contributed by atoms with van der Waals surface area (Å²) in [7, 11) is 0. The van der Waals surface area contributed by atoms with Crippen molar-refractivity contribution in [2.45, 2.75) is 52.1 Å². The monoisotopic (exact) mass is 267 g/mol. The molecule has 1 amide bonds. The third-order valence-electron chi connectivity index (χ3n) is 5.04. The summed E-state index contributed by atoms with van der Waals surface area (Å²) in [4.78, 5) is 17.2. The number of rotatable bonds is 2. The second-order valence-electron chi connectivity index (χ2n) is 6.42. The fourth-order valence-electron chi connectivity index (χ4n) is 3.60. The van der Waals surface area contributed by atoms with Crippen molar-refractivity contribution in [3.63, 3.8) is 0 Å². The maximum Gasteiger partial charge on any atom is 0.226 e. The summed E-state index contributed by atoms with van der Waals surface area (Å²) in [5.41, 5.74) is 6.05. The molecule has 19 heavy (non-hydrogen) atoms. The molecule has 4 nitrogen and oxygen atoms in total. The molecular formula is C15H29N3O. The van der Waals surface area contributed by atoms with Crippen molar-refractivity contribution in [3.8, 4) is 0 Å². The summed E-state index contributed by atoms with van der Waals surface area (Å²) < 4.78 is 0. The lowest BCUT2D eigenvalue weighted by Gasteiger charge is -2.42. The van der Waals surface area contributed by atoms with E-state index in [9.17, 15) is 4.79 Å². The molecule has 4 atom stereocenters. The molecule has 2 aliphatic rings. The van der Waals surface area contributed by atoms with Gasteiger partial charge in [-0.15, -0.1) is 0 Å². The van der Waals surface area contributed by atoms with Gasteiger partial charge in [-0.1, -0.05) is 13.8 Å². The van der Waals surface area contributed by atoms with Crippen LogP contribution >= 0.6 is 0 Å². The third-order valence-corrected chi connectivity index (χ3v) is 5.04. The zero-order valence-corrected chi connectivity index (χ0v) is 12.6. The Hall–Kier alpha value is -0.610. The van der Waals surface area contributed by atoms with Gasteiger partial charge in [0.1, 0.15) is 0 Å². The number of amides is 1. The van der Waals surface area contributed by atoms with Crippen LogP contribution < -0.4 is 5.73 Å². The summed E-state index contributed by atoms with van der Waals surface area (Å²) in [6.45, 7) is 10.5. The number of piperazine rings is 1. The zero-order valence-electron chi connectivity index (χ0n) is 12.6. The molecule has 0 radical (unpaired) electrons. The average Bonchev–Trinajstić information content (AvgIpc) is 2.40. The van der Waals surface area contributed by atoms with E-state index in [1.807, 2.05) is 0 Å². The van der Waals surface area contributed by atoms with Gasteiger partial charge in [0.2, 0.25) is 5.91 Å². The Morgan fingerprint density at radius 2 is 2.00 bits per heavy atom. The van der Waals surface area contributed by atoms with E-state index in [2.05, 4.69) is 30.6 Å². The van der Waals surface area contributed by atoms with Gasteiger partial charge in [-0.2, -0.15) is 0 Å². The topological polar surface area (TPSA) is 49.6 Å². The Bertz CT molecular complexity index is 321. The highest BCUT2D eigenvalue weighted by Crippen LogP contribution is 2.31. The van der Waals surface area contributed by atoms with Gasteiger partial charge in [0.25, 0.3) is 0 Å². The SMILES string of the molecule is CCN1CCN(C(=O)C2CC(N)CCC2C)CC1C. The molecule has 110 valence electrons. The molecule has 4 heteroatoms. The van der Waals surface area contributed by atoms with Gasteiger partial charge in [0, 0.05) is 37.6 Å². The molecule has 0 aromatic carbocycles. The van der Waals surface area contributed by atoms with Crippen molar-refractivity contribution in [2.75, 3.05) is 26.2 Å². The normalized spacial score (nSPS) is 37.4. The highest BCUT2D eigenvalue weighted by atomic mass is 16.2. The summed E-state index contributed by atoms with van der Waals surface area (Å²) >= 11 is 0. The predicted octanol–water partition coefficient (Wildman–Crippen LogP) is 1.30. The van der Waals surface area contributed by atoms with Gasteiger partial charge in [-0.25, -0.2) is 0 Å². The minimum Gasteiger partial charge on any atom is -0.340 e. The molecule has 1 aliphatic heterocycles. The quantitative estimate of drug-likeness (QED) is 0.820. The third kappa shape index (κ3) is 3.29. The lowest BCUT2D eigenvalue weighted by atomic mass is 9.77. The lowest BCUT2D eigenvalue weighted by molar-refractivity contribution is -0.141. The van der Waals surface area contributed by atoms with E-state index in [1.54, 1.807) is 0 Å². The predicted molar refractivity (Wildman–Crippen MR) is 77.8 cm³/mol. The van der Waals surface area contributed by atoms with E-state index in [1.165, 1.54) is 0 Å². The molecule has 0 aromatic heterocycles. The minimum absolute atomic E-state index is 0.157. The molecule has 2 N–H and O–H groups in total. The Labute approximate surface area is 117 Å². The van der Waals surface area contributed by atoms with Crippen LogP contribution in [0.5, 0.6) is 0 Å². The van der Waals surface area contributed by atoms with E-state index >= 15 is 0 Å². The van der Waals surface area contributed by atoms with Crippen molar-refractivity contribution in [2.24, 2.45) is 17.6 Å². The molecule has 0 bridgehead atoms. The van der Waals surface area contributed by atoms with Gasteiger partial charge < -0.3 is 10.6 Å². The van der Waals surface area contributed by atoms with Crippen molar-refractivity contribution in [3.05, 3.63) is 0 Å². The molecule has 0 spiro atoms. The first-order valence-corrected chi connectivity index (χ1v) is 7.81. The largest absolute Gasteiger partial charge is 0.340 e. The molecule has 0 aromatic rings. The van der Waals surface area contributed by atoms with Crippen LogP contribution in [0.15, 0.2) is 0 Å². The first kappa shape index (κ1) is 14.8. The smallest absolute Gasteiger partial charge is 0.226 e. The molecule has 4 unspecified atom stereocenters. The van der Waals surface area contributed by atoms with Crippen LogP contribution in [0.25, 0.3) is 0 Å². The van der Waals surface area contributed by atoms with Crippen LogP contribution in [0, 0.1) is 11.8 Å². The average molecular weight is 267 g/mol.